The van der Waals surface area contributed by atoms with E-state index in [4.69, 9.17) is 4.98 Å². The predicted molar refractivity (Wildman–Crippen MR) is 95.9 cm³/mol. The first kappa shape index (κ1) is 16.5. The lowest BCUT2D eigenvalue weighted by Gasteiger charge is -2.07. The molecule has 0 saturated carbocycles. The Hall–Kier alpha value is -0.840. The Kier molecular flexibility index (Phi) is 6.74. The van der Waals surface area contributed by atoms with Crippen LogP contribution in [0, 0.1) is 5.92 Å². The summed E-state index contributed by atoms with van der Waals surface area (Å²) < 4.78 is 0. The predicted octanol–water partition coefficient (Wildman–Crippen LogP) is 4.81. The molecule has 0 spiro atoms. The minimum absolute atomic E-state index is 0.666. The van der Waals surface area contributed by atoms with Gasteiger partial charge in [0.15, 0.2) is 0 Å². The van der Waals surface area contributed by atoms with Crippen molar-refractivity contribution in [2.24, 2.45) is 5.92 Å². The van der Waals surface area contributed by atoms with Crippen molar-refractivity contribution in [1.82, 2.24) is 10.3 Å². The fraction of sp³-hybridized carbons (Fsp3) is 0.471. The van der Waals surface area contributed by atoms with Crippen LogP contribution in [0.15, 0.2) is 30.3 Å². The summed E-state index contributed by atoms with van der Waals surface area (Å²) >= 11 is 3.77. The SMILES string of the molecule is CCSCc1nc(CNCC(C)C)c(-c2ccccc2)s1. The minimum atomic E-state index is 0.666. The highest BCUT2D eigenvalue weighted by atomic mass is 32.2. The zero-order valence-corrected chi connectivity index (χ0v) is 14.7. The first-order valence-electron chi connectivity index (χ1n) is 7.53. The van der Waals surface area contributed by atoms with Crippen LogP contribution < -0.4 is 5.32 Å². The monoisotopic (exact) mass is 320 g/mol. The van der Waals surface area contributed by atoms with E-state index in [1.165, 1.54) is 21.1 Å². The van der Waals surface area contributed by atoms with E-state index in [1.54, 1.807) is 0 Å². The molecule has 0 unspecified atom stereocenters. The molecule has 1 N–H and O–H groups in total. The quantitative estimate of drug-likeness (QED) is 0.755. The Balaban J connectivity index is 2.17. The molecular weight excluding hydrogens is 296 g/mol. The lowest BCUT2D eigenvalue weighted by molar-refractivity contribution is 0.549. The Morgan fingerprint density at radius 2 is 2.00 bits per heavy atom. The summed E-state index contributed by atoms with van der Waals surface area (Å²) in [4.78, 5) is 6.17. The number of thioether (sulfide) groups is 1. The molecular formula is C17H24N2S2. The Bertz CT molecular complexity index is 535. The Morgan fingerprint density at radius 3 is 2.67 bits per heavy atom. The summed E-state index contributed by atoms with van der Waals surface area (Å²) in [5.74, 6) is 2.82. The third-order valence-corrected chi connectivity index (χ3v) is 5.27. The maximum Gasteiger partial charge on any atom is 0.103 e. The van der Waals surface area contributed by atoms with E-state index < -0.39 is 0 Å². The molecule has 0 aliphatic heterocycles. The lowest BCUT2D eigenvalue weighted by atomic mass is 10.1. The molecule has 21 heavy (non-hydrogen) atoms. The van der Waals surface area contributed by atoms with E-state index in [0.717, 1.165) is 24.6 Å². The van der Waals surface area contributed by atoms with Gasteiger partial charge in [-0.25, -0.2) is 4.98 Å². The van der Waals surface area contributed by atoms with Gasteiger partial charge in [-0.2, -0.15) is 11.8 Å². The van der Waals surface area contributed by atoms with Gasteiger partial charge in [-0.1, -0.05) is 51.1 Å². The van der Waals surface area contributed by atoms with Gasteiger partial charge in [-0.3, -0.25) is 0 Å². The summed E-state index contributed by atoms with van der Waals surface area (Å²) in [5.41, 5.74) is 2.47. The molecule has 0 radical (unpaired) electrons. The van der Waals surface area contributed by atoms with Crippen molar-refractivity contribution in [2.45, 2.75) is 33.1 Å². The van der Waals surface area contributed by atoms with Crippen LogP contribution in [0.5, 0.6) is 0 Å². The molecule has 2 aromatic rings. The Morgan fingerprint density at radius 1 is 1.24 bits per heavy atom. The van der Waals surface area contributed by atoms with E-state index >= 15 is 0 Å². The van der Waals surface area contributed by atoms with Crippen LogP contribution in [-0.2, 0) is 12.3 Å². The van der Waals surface area contributed by atoms with Crippen LogP contribution in [0.2, 0.25) is 0 Å². The van der Waals surface area contributed by atoms with Gasteiger partial charge in [0.1, 0.15) is 5.01 Å². The highest BCUT2D eigenvalue weighted by molar-refractivity contribution is 7.98. The third-order valence-electron chi connectivity index (χ3n) is 3.05. The van der Waals surface area contributed by atoms with Crippen molar-refractivity contribution in [2.75, 3.05) is 12.3 Å². The van der Waals surface area contributed by atoms with Crippen molar-refractivity contribution in [1.29, 1.82) is 0 Å². The van der Waals surface area contributed by atoms with Crippen molar-refractivity contribution in [3.63, 3.8) is 0 Å². The molecule has 2 rings (SSSR count). The number of thiazole rings is 1. The van der Waals surface area contributed by atoms with Gasteiger partial charge in [-0.05, 0) is 23.8 Å². The lowest BCUT2D eigenvalue weighted by Crippen LogP contribution is -2.19. The standard InChI is InChI=1S/C17H24N2S2/c1-4-20-12-16-19-15(11-18-10-13(2)3)17(21-16)14-8-6-5-7-9-14/h5-9,13,18H,4,10-12H2,1-3H3. The van der Waals surface area contributed by atoms with Gasteiger partial charge in [0.05, 0.1) is 10.6 Å². The molecule has 114 valence electrons. The summed E-state index contributed by atoms with van der Waals surface area (Å²) in [6.45, 7) is 8.55. The summed E-state index contributed by atoms with van der Waals surface area (Å²) in [7, 11) is 0. The van der Waals surface area contributed by atoms with E-state index in [0.29, 0.717) is 5.92 Å². The van der Waals surface area contributed by atoms with Crippen molar-refractivity contribution >= 4 is 23.1 Å². The molecule has 1 aromatic heterocycles. The van der Waals surface area contributed by atoms with E-state index in [2.05, 4.69) is 56.4 Å². The number of nitrogens with one attached hydrogen (secondary N) is 1. The van der Waals surface area contributed by atoms with Crippen LogP contribution in [0.1, 0.15) is 31.5 Å². The molecule has 0 aliphatic carbocycles. The number of rotatable bonds is 8. The fourth-order valence-electron chi connectivity index (χ4n) is 2.07. The van der Waals surface area contributed by atoms with Gasteiger partial charge in [0.25, 0.3) is 0 Å². The smallest absolute Gasteiger partial charge is 0.103 e. The van der Waals surface area contributed by atoms with Gasteiger partial charge in [0.2, 0.25) is 0 Å². The normalized spacial score (nSPS) is 11.2. The fourth-order valence-corrected chi connectivity index (χ4v) is 3.88. The molecule has 0 fully saturated rings. The zero-order valence-electron chi connectivity index (χ0n) is 13.1. The molecule has 0 bridgehead atoms. The first-order valence-corrected chi connectivity index (χ1v) is 9.50. The average Bonchev–Trinajstić information content (AvgIpc) is 2.89. The summed E-state index contributed by atoms with van der Waals surface area (Å²) in [6, 6.07) is 10.6. The number of nitrogens with zero attached hydrogens (tertiary/aromatic N) is 1. The molecule has 0 saturated heterocycles. The van der Waals surface area contributed by atoms with Crippen LogP contribution in [0.3, 0.4) is 0 Å². The molecule has 1 aromatic carbocycles. The van der Waals surface area contributed by atoms with Gasteiger partial charge >= 0.3 is 0 Å². The highest BCUT2D eigenvalue weighted by Gasteiger charge is 2.12. The van der Waals surface area contributed by atoms with Crippen molar-refractivity contribution in [3.05, 3.63) is 41.0 Å². The van der Waals surface area contributed by atoms with E-state index in [-0.39, 0.29) is 0 Å². The second kappa shape index (κ2) is 8.57. The summed E-state index contributed by atoms with van der Waals surface area (Å²) in [5, 5.41) is 4.76. The largest absolute Gasteiger partial charge is 0.311 e. The molecule has 2 nitrogen and oxygen atoms in total. The van der Waals surface area contributed by atoms with Gasteiger partial charge in [0, 0.05) is 12.3 Å². The molecule has 1 heterocycles. The van der Waals surface area contributed by atoms with Crippen molar-refractivity contribution in [3.8, 4) is 10.4 Å². The minimum Gasteiger partial charge on any atom is -0.311 e. The number of benzene rings is 1. The van der Waals surface area contributed by atoms with Gasteiger partial charge in [-0.15, -0.1) is 11.3 Å². The number of hydrogen-bond acceptors (Lipinski definition) is 4. The maximum absolute atomic E-state index is 4.86. The molecule has 0 aliphatic rings. The van der Waals surface area contributed by atoms with Gasteiger partial charge < -0.3 is 5.32 Å². The zero-order chi connectivity index (χ0) is 15.1. The average molecular weight is 321 g/mol. The first-order chi connectivity index (χ1) is 10.2. The maximum atomic E-state index is 4.86. The topological polar surface area (TPSA) is 24.9 Å². The van der Waals surface area contributed by atoms with Crippen LogP contribution in [-0.4, -0.2) is 17.3 Å². The Labute approximate surface area is 136 Å². The van der Waals surface area contributed by atoms with E-state index in [9.17, 15) is 0 Å². The van der Waals surface area contributed by atoms with Crippen LogP contribution in [0.25, 0.3) is 10.4 Å². The molecule has 4 heteroatoms. The molecule has 0 atom stereocenters. The molecule has 0 amide bonds. The van der Waals surface area contributed by atoms with Crippen LogP contribution >= 0.6 is 23.1 Å². The number of aromatic nitrogens is 1. The third kappa shape index (κ3) is 5.13. The second-order valence-corrected chi connectivity index (χ2v) is 7.77. The van der Waals surface area contributed by atoms with E-state index in [1.807, 2.05) is 23.1 Å². The van der Waals surface area contributed by atoms with Crippen molar-refractivity contribution < 1.29 is 0 Å². The number of hydrogen-bond donors (Lipinski definition) is 1. The van der Waals surface area contributed by atoms with Crippen LogP contribution in [0.4, 0.5) is 0 Å². The summed E-state index contributed by atoms with van der Waals surface area (Å²) in [6.07, 6.45) is 0. The second-order valence-electron chi connectivity index (χ2n) is 5.41. The highest BCUT2D eigenvalue weighted by Crippen LogP contribution is 2.32.